The first-order valence-electron chi connectivity index (χ1n) is 16.1. The normalized spacial score (nSPS) is 23.8. The molecule has 0 saturated heterocycles. The van der Waals surface area contributed by atoms with Crippen LogP contribution in [0.4, 0.5) is 0 Å². The Morgan fingerprint density at radius 2 is 1.19 bits per heavy atom. The average molecular weight is 759 g/mol. The summed E-state index contributed by atoms with van der Waals surface area (Å²) in [4.78, 5) is 43.2. The Balaban J connectivity index is 1.29. The Morgan fingerprint density at radius 3 is 1.88 bits per heavy atom. The van der Waals surface area contributed by atoms with Crippen LogP contribution in [-0.4, -0.2) is 17.5 Å². The molecule has 48 heavy (non-hydrogen) atoms. The van der Waals surface area contributed by atoms with Crippen molar-refractivity contribution in [1.29, 1.82) is 0 Å². The molecule has 0 fully saturated rings. The van der Waals surface area contributed by atoms with E-state index in [-0.39, 0.29) is 47.6 Å². The number of esters is 1. The van der Waals surface area contributed by atoms with E-state index in [0.29, 0.717) is 16.9 Å². The molecule has 1 unspecified atom stereocenters. The molecule has 0 aromatic heterocycles. The second kappa shape index (κ2) is 12.6. The zero-order chi connectivity index (χ0) is 32.9. The van der Waals surface area contributed by atoms with Gasteiger partial charge in [0.15, 0.2) is 11.6 Å². The van der Waals surface area contributed by atoms with E-state index in [1.54, 1.807) is 0 Å². The van der Waals surface area contributed by atoms with Gasteiger partial charge in [0.2, 0.25) is 0 Å². The van der Waals surface area contributed by atoms with Gasteiger partial charge in [-0.05, 0) is 52.6 Å². The van der Waals surface area contributed by atoms with Crippen molar-refractivity contribution in [2.75, 3.05) is 0 Å². The highest BCUT2D eigenvalue weighted by Crippen LogP contribution is 2.63. The van der Waals surface area contributed by atoms with Crippen LogP contribution in [0.25, 0.3) is 5.76 Å². The highest BCUT2D eigenvalue weighted by atomic mass is 79.9. The maximum absolute atomic E-state index is 14.9. The Bertz CT molecular complexity index is 2120. The zero-order valence-electron chi connectivity index (χ0n) is 25.8. The molecule has 2 aliphatic carbocycles. The summed E-state index contributed by atoms with van der Waals surface area (Å²) in [6.07, 6.45) is 2.25. The predicted molar refractivity (Wildman–Crippen MR) is 193 cm³/mol. The molecule has 1 heterocycles. The number of Topliss-reactive ketones (excluding diaryl/α,β-unsaturated/α-hetero) is 2. The van der Waals surface area contributed by atoms with Gasteiger partial charge in [0, 0.05) is 61.6 Å². The Kier molecular flexibility index (Phi) is 8.10. The number of fused-ring (bicyclic) bond motifs is 4. The quantitative estimate of drug-likeness (QED) is 0.123. The summed E-state index contributed by atoms with van der Waals surface area (Å²) in [5.41, 5.74) is 6.17. The van der Waals surface area contributed by atoms with E-state index in [0.717, 1.165) is 36.8 Å². The van der Waals surface area contributed by atoms with Crippen molar-refractivity contribution < 1.29 is 19.1 Å². The van der Waals surface area contributed by atoms with Crippen LogP contribution in [0.3, 0.4) is 0 Å². The van der Waals surface area contributed by atoms with Gasteiger partial charge in [-0.2, -0.15) is 0 Å². The lowest BCUT2D eigenvalue weighted by Crippen LogP contribution is -2.34. The number of halogens is 2. The monoisotopic (exact) mass is 756 g/mol. The molecule has 236 valence electrons. The van der Waals surface area contributed by atoms with Crippen LogP contribution < -0.4 is 0 Å². The Hall–Kier alpha value is -4.39. The number of hydrogen-bond acceptors (Lipinski definition) is 4. The Morgan fingerprint density at radius 1 is 0.604 bits per heavy atom. The highest BCUT2D eigenvalue weighted by molar-refractivity contribution is 9.10. The summed E-state index contributed by atoms with van der Waals surface area (Å²) in [6.45, 7) is 0. The minimum Gasteiger partial charge on any atom is -0.426 e. The van der Waals surface area contributed by atoms with E-state index >= 15 is 0 Å². The van der Waals surface area contributed by atoms with Crippen LogP contribution in [0, 0.1) is 11.8 Å². The second-order valence-electron chi connectivity index (χ2n) is 12.8. The summed E-state index contributed by atoms with van der Waals surface area (Å²) >= 11 is 7.07. The average Bonchev–Trinajstić information content (AvgIpc) is 3.61. The molecule has 6 heteroatoms. The minimum atomic E-state index is -0.586. The predicted octanol–water partition coefficient (Wildman–Crippen LogP) is 10.3. The molecular formula is C42H30Br2O4. The number of carbonyl (C=O) groups excluding carboxylic acids is 3. The number of allylic oxidation sites excluding steroid dienone is 1. The second-order valence-corrected chi connectivity index (χ2v) is 14.7. The molecule has 0 N–H and O–H groups in total. The van der Waals surface area contributed by atoms with E-state index < -0.39 is 11.8 Å². The Labute approximate surface area is 296 Å². The molecule has 8 rings (SSSR count). The third-order valence-electron chi connectivity index (χ3n) is 10.3. The SMILES string of the molecule is O=C(C[C@@H]1c2ccccc2C([C@@H]2c3ccccc3[C@H]3C=C(c4ccccc4)OC(=O)[C@H]32)[C@H]1C(=O)c1cccc(Br)c1)c1cccc(Br)c1. The first-order chi connectivity index (χ1) is 23.4. The van der Waals surface area contributed by atoms with Crippen LogP contribution in [0.2, 0.25) is 0 Å². The van der Waals surface area contributed by atoms with Gasteiger partial charge < -0.3 is 4.74 Å². The van der Waals surface area contributed by atoms with Gasteiger partial charge >= 0.3 is 5.97 Å². The molecule has 4 nitrogen and oxygen atoms in total. The number of cyclic esters (lactones) is 1. The van der Waals surface area contributed by atoms with Crippen LogP contribution in [-0.2, 0) is 9.53 Å². The van der Waals surface area contributed by atoms with Gasteiger partial charge in [-0.3, -0.25) is 14.4 Å². The van der Waals surface area contributed by atoms with Crippen molar-refractivity contribution in [3.8, 4) is 0 Å². The van der Waals surface area contributed by atoms with Gasteiger partial charge in [-0.25, -0.2) is 0 Å². The first kappa shape index (κ1) is 30.9. The minimum absolute atomic E-state index is 0.0268. The highest BCUT2D eigenvalue weighted by Gasteiger charge is 2.57. The molecular weight excluding hydrogens is 728 g/mol. The maximum atomic E-state index is 14.9. The van der Waals surface area contributed by atoms with Crippen molar-refractivity contribution in [1.82, 2.24) is 0 Å². The van der Waals surface area contributed by atoms with Crippen LogP contribution in [0.1, 0.15) is 78.6 Å². The lowest BCUT2D eigenvalue weighted by atomic mass is 9.68. The number of carbonyl (C=O) groups is 3. The van der Waals surface area contributed by atoms with Crippen molar-refractivity contribution in [3.05, 3.63) is 181 Å². The van der Waals surface area contributed by atoms with Crippen LogP contribution in [0.15, 0.2) is 142 Å². The lowest BCUT2D eigenvalue weighted by molar-refractivity contribution is -0.143. The number of rotatable bonds is 7. The van der Waals surface area contributed by atoms with Crippen molar-refractivity contribution in [2.45, 2.75) is 30.1 Å². The third kappa shape index (κ3) is 5.32. The number of ketones is 2. The van der Waals surface area contributed by atoms with Gasteiger partial charge in [0.05, 0.1) is 5.92 Å². The molecule has 0 bridgehead atoms. The van der Waals surface area contributed by atoms with Crippen LogP contribution >= 0.6 is 31.9 Å². The largest absolute Gasteiger partial charge is 0.426 e. The molecule has 0 saturated carbocycles. The third-order valence-corrected chi connectivity index (χ3v) is 11.3. The van der Waals surface area contributed by atoms with Gasteiger partial charge in [0.1, 0.15) is 5.76 Å². The molecule has 0 radical (unpaired) electrons. The molecule has 3 aliphatic rings. The summed E-state index contributed by atoms with van der Waals surface area (Å²) in [5.74, 6) is -2.18. The fourth-order valence-corrected chi connectivity index (χ4v) is 9.16. The lowest BCUT2D eigenvalue weighted by Gasteiger charge is -2.34. The van der Waals surface area contributed by atoms with Crippen molar-refractivity contribution >= 4 is 55.2 Å². The fourth-order valence-electron chi connectivity index (χ4n) is 8.37. The fraction of sp³-hybridized carbons (Fsp3) is 0.167. The van der Waals surface area contributed by atoms with E-state index in [4.69, 9.17) is 4.74 Å². The topological polar surface area (TPSA) is 60.4 Å². The summed E-state index contributed by atoms with van der Waals surface area (Å²) in [6, 6.07) is 40.9. The van der Waals surface area contributed by atoms with Gasteiger partial charge in [-0.15, -0.1) is 0 Å². The van der Waals surface area contributed by atoms with Crippen LogP contribution in [0.5, 0.6) is 0 Å². The van der Waals surface area contributed by atoms with E-state index in [2.05, 4.69) is 62.2 Å². The molecule has 5 aromatic rings. The zero-order valence-corrected chi connectivity index (χ0v) is 28.9. The maximum Gasteiger partial charge on any atom is 0.315 e. The molecule has 5 aromatic carbocycles. The van der Waals surface area contributed by atoms with E-state index in [1.165, 1.54) is 0 Å². The van der Waals surface area contributed by atoms with Gasteiger partial charge in [-0.1, -0.05) is 135 Å². The van der Waals surface area contributed by atoms with Gasteiger partial charge in [0.25, 0.3) is 0 Å². The van der Waals surface area contributed by atoms with Crippen molar-refractivity contribution in [3.63, 3.8) is 0 Å². The smallest absolute Gasteiger partial charge is 0.315 e. The number of ether oxygens (including phenoxy) is 1. The summed E-state index contributed by atoms with van der Waals surface area (Å²) < 4.78 is 7.76. The molecule has 0 spiro atoms. The molecule has 6 atom stereocenters. The summed E-state index contributed by atoms with van der Waals surface area (Å²) in [5, 5.41) is 0. The number of benzene rings is 5. The van der Waals surface area contributed by atoms with Crippen molar-refractivity contribution in [2.24, 2.45) is 11.8 Å². The standard InChI is InChI=1S/C42H30Br2O4/c43-27-14-8-12-25(20-27)35(45)22-33-29-16-4-6-18-31(29)37(39(33)41(46)26-13-9-15-28(44)21-26)38-32-19-7-5-17-30(32)34-23-36(48-42(47)40(34)38)24-10-2-1-3-11-24/h1-21,23,33-34,37-40H,22H2/t33-,34-,37?,38+,39+,40-/m1/s1. The first-order valence-corrected chi connectivity index (χ1v) is 17.7. The number of hydrogen-bond donors (Lipinski definition) is 0. The van der Waals surface area contributed by atoms with E-state index in [9.17, 15) is 14.4 Å². The summed E-state index contributed by atoms with van der Waals surface area (Å²) in [7, 11) is 0. The van der Waals surface area contributed by atoms with E-state index in [1.807, 2.05) is 103 Å². The molecule has 1 aliphatic heterocycles. The molecule has 0 amide bonds.